The molecule has 4 nitrogen and oxygen atoms in total. The number of ether oxygens (including phenoxy) is 2. The summed E-state index contributed by atoms with van der Waals surface area (Å²) in [4.78, 5) is 11.6. The molecule has 14 heavy (non-hydrogen) atoms. The van der Waals surface area contributed by atoms with E-state index in [9.17, 15) is 4.79 Å². The van der Waals surface area contributed by atoms with Crippen LogP contribution in [0.3, 0.4) is 0 Å². The maximum absolute atomic E-state index is 11.6. The minimum atomic E-state index is -0.290. The molecule has 1 saturated heterocycles. The van der Waals surface area contributed by atoms with Gasteiger partial charge in [0.2, 0.25) is 0 Å². The average Bonchev–Trinajstić information content (AvgIpc) is 2.66. The Morgan fingerprint density at radius 2 is 2.21 bits per heavy atom. The van der Waals surface area contributed by atoms with Gasteiger partial charge in [-0.15, -0.1) is 0 Å². The highest BCUT2D eigenvalue weighted by molar-refractivity contribution is 9.10. The Morgan fingerprint density at radius 1 is 1.50 bits per heavy atom. The maximum atomic E-state index is 11.6. The zero-order valence-corrected chi connectivity index (χ0v) is 9.07. The van der Waals surface area contributed by atoms with E-state index in [1.54, 1.807) is 22.9 Å². The van der Waals surface area contributed by atoms with Crippen LogP contribution in [0.5, 0.6) is 0 Å². The number of halogens is 1. The molecular formula is C9H10BrNO3. The van der Waals surface area contributed by atoms with Crippen LogP contribution >= 0.6 is 15.9 Å². The number of rotatable bonds is 2. The van der Waals surface area contributed by atoms with E-state index in [0.717, 1.165) is 0 Å². The van der Waals surface area contributed by atoms with E-state index in [4.69, 9.17) is 9.47 Å². The number of aromatic nitrogens is 1. The van der Waals surface area contributed by atoms with Crippen molar-refractivity contribution in [1.82, 2.24) is 4.57 Å². The minimum Gasteiger partial charge on any atom is -0.348 e. The van der Waals surface area contributed by atoms with Gasteiger partial charge in [-0.3, -0.25) is 4.79 Å². The summed E-state index contributed by atoms with van der Waals surface area (Å²) < 4.78 is 12.6. The van der Waals surface area contributed by atoms with E-state index in [2.05, 4.69) is 15.9 Å². The van der Waals surface area contributed by atoms with Gasteiger partial charge in [0, 0.05) is 6.20 Å². The fourth-order valence-electron chi connectivity index (χ4n) is 1.32. The molecule has 0 bridgehead atoms. The molecule has 76 valence electrons. The normalized spacial score (nSPS) is 17.5. The number of hydrogen-bond acceptors (Lipinski definition) is 3. The molecule has 0 aliphatic carbocycles. The lowest BCUT2D eigenvalue weighted by Gasteiger charge is -2.10. The second-order valence-electron chi connectivity index (χ2n) is 2.98. The van der Waals surface area contributed by atoms with Crippen molar-refractivity contribution in [2.24, 2.45) is 0 Å². The molecule has 0 unspecified atom stereocenters. The second kappa shape index (κ2) is 4.25. The Bertz CT molecular complexity index is 371. The molecule has 0 spiro atoms. The molecule has 1 aromatic rings. The van der Waals surface area contributed by atoms with Crippen molar-refractivity contribution in [3.05, 3.63) is 33.2 Å². The van der Waals surface area contributed by atoms with Gasteiger partial charge in [0.15, 0.2) is 6.29 Å². The number of pyridine rings is 1. The first-order valence-electron chi connectivity index (χ1n) is 4.35. The van der Waals surface area contributed by atoms with Crippen molar-refractivity contribution >= 4 is 15.9 Å². The van der Waals surface area contributed by atoms with Crippen LogP contribution in [0, 0.1) is 0 Å². The van der Waals surface area contributed by atoms with E-state index < -0.39 is 0 Å². The largest absolute Gasteiger partial charge is 0.348 e. The standard InChI is InChI=1S/C9H10BrNO3/c10-7-2-1-3-11(9(7)12)6-8-13-4-5-14-8/h1-3,8H,4-6H2. The van der Waals surface area contributed by atoms with E-state index in [0.29, 0.717) is 24.2 Å². The summed E-state index contributed by atoms with van der Waals surface area (Å²) in [7, 11) is 0. The Kier molecular flexibility index (Phi) is 3.00. The third kappa shape index (κ3) is 2.05. The van der Waals surface area contributed by atoms with E-state index >= 15 is 0 Å². The lowest BCUT2D eigenvalue weighted by Crippen LogP contribution is -2.26. The Morgan fingerprint density at radius 3 is 2.93 bits per heavy atom. The Hall–Kier alpha value is -0.650. The first-order valence-corrected chi connectivity index (χ1v) is 5.15. The SMILES string of the molecule is O=c1c(Br)cccn1CC1OCCO1. The highest BCUT2D eigenvalue weighted by atomic mass is 79.9. The van der Waals surface area contributed by atoms with Gasteiger partial charge in [-0.1, -0.05) is 0 Å². The molecule has 1 aliphatic rings. The van der Waals surface area contributed by atoms with Crippen molar-refractivity contribution in [3.8, 4) is 0 Å². The van der Waals surface area contributed by atoms with Crippen LogP contribution in [0.15, 0.2) is 27.6 Å². The van der Waals surface area contributed by atoms with Crippen molar-refractivity contribution in [1.29, 1.82) is 0 Å². The highest BCUT2D eigenvalue weighted by Crippen LogP contribution is 2.07. The quantitative estimate of drug-likeness (QED) is 0.796. The van der Waals surface area contributed by atoms with Crippen LogP contribution in [0.25, 0.3) is 0 Å². The molecule has 1 aliphatic heterocycles. The fourth-order valence-corrected chi connectivity index (χ4v) is 1.70. The van der Waals surface area contributed by atoms with Gasteiger partial charge in [-0.25, -0.2) is 0 Å². The second-order valence-corrected chi connectivity index (χ2v) is 3.84. The lowest BCUT2D eigenvalue weighted by atomic mass is 10.4. The monoisotopic (exact) mass is 259 g/mol. The van der Waals surface area contributed by atoms with Crippen LogP contribution in [0.2, 0.25) is 0 Å². The molecule has 0 atom stereocenters. The summed E-state index contributed by atoms with van der Waals surface area (Å²) in [6.07, 6.45) is 1.43. The molecule has 1 aromatic heterocycles. The summed E-state index contributed by atoms with van der Waals surface area (Å²) in [5, 5.41) is 0. The first kappa shape index (κ1) is 9.89. The van der Waals surface area contributed by atoms with Crippen LogP contribution in [0.1, 0.15) is 0 Å². The van der Waals surface area contributed by atoms with Gasteiger partial charge in [0.05, 0.1) is 24.2 Å². The lowest BCUT2D eigenvalue weighted by molar-refractivity contribution is -0.0530. The average molecular weight is 260 g/mol. The van der Waals surface area contributed by atoms with Gasteiger partial charge >= 0.3 is 0 Å². The Labute approximate surface area is 89.6 Å². The summed E-state index contributed by atoms with van der Waals surface area (Å²) in [6, 6.07) is 3.52. The molecule has 0 radical (unpaired) electrons. The summed E-state index contributed by atoms with van der Waals surface area (Å²) in [5.74, 6) is 0. The highest BCUT2D eigenvalue weighted by Gasteiger charge is 2.16. The van der Waals surface area contributed by atoms with Crippen molar-refractivity contribution in [2.75, 3.05) is 13.2 Å². The molecule has 0 saturated carbocycles. The zero-order chi connectivity index (χ0) is 9.97. The number of nitrogens with zero attached hydrogens (tertiary/aromatic N) is 1. The van der Waals surface area contributed by atoms with E-state index in [-0.39, 0.29) is 11.8 Å². The minimum absolute atomic E-state index is 0.0633. The summed E-state index contributed by atoms with van der Waals surface area (Å²) in [6.45, 7) is 1.65. The molecule has 0 amide bonds. The van der Waals surface area contributed by atoms with Crippen molar-refractivity contribution < 1.29 is 9.47 Å². The van der Waals surface area contributed by atoms with Crippen molar-refractivity contribution in [3.63, 3.8) is 0 Å². The van der Waals surface area contributed by atoms with Gasteiger partial charge in [-0.2, -0.15) is 0 Å². The predicted octanol–water partition coefficient (Wildman–Crippen LogP) is 0.984. The molecule has 2 rings (SSSR count). The van der Waals surface area contributed by atoms with Crippen molar-refractivity contribution in [2.45, 2.75) is 12.8 Å². The van der Waals surface area contributed by atoms with Gasteiger partial charge in [0.25, 0.3) is 5.56 Å². The smallest absolute Gasteiger partial charge is 0.265 e. The zero-order valence-electron chi connectivity index (χ0n) is 7.48. The van der Waals surface area contributed by atoms with E-state index in [1.165, 1.54) is 0 Å². The van der Waals surface area contributed by atoms with Crippen LogP contribution in [-0.4, -0.2) is 24.1 Å². The van der Waals surface area contributed by atoms with Gasteiger partial charge < -0.3 is 14.0 Å². The molecule has 1 fully saturated rings. The first-order chi connectivity index (χ1) is 6.77. The van der Waals surface area contributed by atoms with E-state index in [1.807, 2.05) is 0 Å². The third-order valence-electron chi connectivity index (χ3n) is 2.01. The molecule has 0 N–H and O–H groups in total. The van der Waals surface area contributed by atoms with Crippen LogP contribution in [0.4, 0.5) is 0 Å². The topological polar surface area (TPSA) is 40.5 Å². The molecular weight excluding hydrogens is 250 g/mol. The molecule has 5 heteroatoms. The number of hydrogen-bond donors (Lipinski definition) is 0. The fraction of sp³-hybridized carbons (Fsp3) is 0.444. The maximum Gasteiger partial charge on any atom is 0.265 e. The Balaban J connectivity index is 2.16. The molecule has 2 heterocycles. The van der Waals surface area contributed by atoms with Gasteiger partial charge in [0.1, 0.15) is 0 Å². The van der Waals surface area contributed by atoms with Gasteiger partial charge in [-0.05, 0) is 28.1 Å². The molecule has 0 aromatic carbocycles. The van der Waals surface area contributed by atoms with Crippen LogP contribution < -0.4 is 5.56 Å². The summed E-state index contributed by atoms with van der Waals surface area (Å²) >= 11 is 3.18. The predicted molar refractivity (Wildman–Crippen MR) is 54.1 cm³/mol. The van der Waals surface area contributed by atoms with Crippen LogP contribution in [-0.2, 0) is 16.0 Å². The third-order valence-corrected chi connectivity index (χ3v) is 2.61. The summed E-state index contributed by atoms with van der Waals surface area (Å²) in [5.41, 5.74) is -0.0633.